The summed E-state index contributed by atoms with van der Waals surface area (Å²) in [6.45, 7) is 0.763. The summed E-state index contributed by atoms with van der Waals surface area (Å²) in [4.78, 5) is 0. The molecule has 4 aromatic rings. The van der Waals surface area contributed by atoms with E-state index in [2.05, 4.69) is 29.6 Å². The van der Waals surface area contributed by atoms with Gasteiger partial charge in [-0.2, -0.15) is 5.10 Å². The van der Waals surface area contributed by atoms with Crippen molar-refractivity contribution in [3.8, 4) is 5.69 Å². The second kappa shape index (κ2) is 7.17. The summed E-state index contributed by atoms with van der Waals surface area (Å²) in [7, 11) is 0. The van der Waals surface area contributed by atoms with Crippen molar-refractivity contribution in [3.05, 3.63) is 113 Å². The molecule has 0 unspecified atom stereocenters. The zero-order valence-corrected chi connectivity index (χ0v) is 15.6. The van der Waals surface area contributed by atoms with E-state index in [1.165, 1.54) is 12.1 Å². The fraction of sp³-hybridized carbons (Fsp3) is 0.125. The van der Waals surface area contributed by atoms with E-state index in [-0.39, 0.29) is 11.6 Å². The Balaban J connectivity index is 1.72. The maximum Gasteiger partial charge on any atom is 0.151 e. The van der Waals surface area contributed by atoms with E-state index in [0.717, 1.165) is 47.2 Å². The van der Waals surface area contributed by atoms with Gasteiger partial charge in [0, 0.05) is 18.2 Å². The molecule has 3 nitrogen and oxygen atoms in total. The van der Waals surface area contributed by atoms with Crippen LogP contribution in [-0.4, -0.2) is 16.3 Å². The van der Waals surface area contributed by atoms with Crippen LogP contribution in [0.1, 0.15) is 28.3 Å². The summed E-state index contributed by atoms with van der Waals surface area (Å²) in [5, 5.41) is 8.16. The number of hydrogen-bond acceptors (Lipinski definition) is 2. The van der Waals surface area contributed by atoms with Gasteiger partial charge in [-0.3, -0.25) is 0 Å². The molecule has 0 radical (unpaired) electrons. The molecule has 1 N–H and O–H groups in total. The molecule has 0 aliphatic carbocycles. The summed E-state index contributed by atoms with van der Waals surface area (Å²) in [6.07, 6.45) is 0.809. The first-order chi connectivity index (χ1) is 14.2. The fourth-order valence-electron chi connectivity index (χ4n) is 4.06. The van der Waals surface area contributed by atoms with Gasteiger partial charge in [0.1, 0.15) is 17.3 Å². The lowest BCUT2D eigenvalue weighted by Crippen LogP contribution is -2.10. The largest absolute Gasteiger partial charge is 0.369 e. The summed E-state index contributed by atoms with van der Waals surface area (Å²) >= 11 is 0. The monoisotopic (exact) mass is 387 g/mol. The van der Waals surface area contributed by atoms with Gasteiger partial charge < -0.3 is 5.32 Å². The van der Waals surface area contributed by atoms with Crippen molar-refractivity contribution >= 4 is 5.82 Å². The van der Waals surface area contributed by atoms with Crippen LogP contribution in [-0.2, 0) is 6.42 Å². The Hall–Kier alpha value is -3.47. The molecule has 0 fully saturated rings. The van der Waals surface area contributed by atoms with Crippen molar-refractivity contribution in [2.45, 2.75) is 12.3 Å². The number of hydrogen-bond donors (Lipinski definition) is 1. The maximum absolute atomic E-state index is 14.5. The highest BCUT2D eigenvalue weighted by Crippen LogP contribution is 2.39. The minimum absolute atomic E-state index is 0.0733. The van der Waals surface area contributed by atoms with Crippen LogP contribution in [0.5, 0.6) is 0 Å². The molecule has 1 aliphatic heterocycles. The fourth-order valence-corrected chi connectivity index (χ4v) is 4.06. The topological polar surface area (TPSA) is 29.9 Å². The number of benzene rings is 3. The third-order valence-corrected chi connectivity index (χ3v) is 5.36. The molecule has 0 spiro atoms. The second-order valence-electron chi connectivity index (χ2n) is 7.15. The molecule has 2 heterocycles. The van der Waals surface area contributed by atoms with E-state index in [4.69, 9.17) is 5.10 Å². The van der Waals surface area contributed by atoms with Crippen LogP contribution < -0.4 is 5.32 Å². The third kappa shape index (κ3) is 3.09. The van der Waals surface area contributed by atoms with Gasteiger partial charge in [0.05, 0.1) is 11.6 Å². The molecule has 29 heavy (non-hydrogen) atoms. The SMILES string of the molecule is Fc1ccc(-n2nc(C(c3ccccc3)c3ccccc3)c3c2NCC3)c(F)c1. The van der Waals surface area contributed by atoms with Gasteiger partial charge >= 0.3 is 0 Å². The molecule has 0 saturated heterocycles. The van der Waals surface area contributed by atoms with Crippen molar-refractivity contribution in [1.82, 2.24) is 9.78 Å². The maximum atomic E-state index is 14.5. The van der Waals surface area contributed by atoms with Crippen molar-refractivity contribution in [2.24, 2.45) is 0 Å². The Morgan fingerprint density at radius 2 is 1.52 bits per heavy atom. The Labute approximate surface area is 167 Å². The van der Waals surface area contributed by atoms with E-state index in [1.54, 1.807) is 4.68 Å². The molecule has 3 aromatic carbocycles. The molecule has 144 valence electrons. The smallest absolute Gasteiger partial charge is 0.151 e. The van der Waals surface area contributed by atoms with Crippen LogP contribution in [0.15, 0.2) is 78.9 Å². The zero-order chi connectivity index (χ0) is 19.8. The highest BCUT2D eigenvalue weighted by Gasteiger charge is 2.30. The Bertz CT molecular complexity index is 1110. The number of fused-ring (bicyclic) bond motifs is 1. The lowest BCUT2D eigenvalue weighted by Gasteiger charge is -2.17. The number of nitrogens with one attached hydrogen (secondary N) is 1. The first-order valence-electron chi connectivity index (χ1n) is 9.63. The average Bonchev–Trinajstić information content (AvgIpc) is 3.34. The molecule has 1 aliphatic rings. The van der Waals surface area contributed by atoms with Gasteiger partial charge in [0.2, 0.25) is 0 Å². The van der Waals surface area contributed by atoms with Gasteiger partial charge in [0.15, 0.2) is 5.82 Å². The molecule has 0 bridgehead atoms. The van der Waals surface area contributed by atoms with Crippen LogP contribution in [0.4, 0.5) is 14.6 Å². The highest BCUT2D eigenvalue weighted by atomic mass is 19.1. The zero-order valence-electron chi connectivity index (χ0n) is 15.6. The van der Waals surface area contributed by atoms with Crippen molar-refractivity contribution in [2.75, 3.05) is 11.9 Å². The minimum Gasteiger partial charge on any atom is -0.369 e. The first kappa shape index (κ1) is 17.6. The molecule has 1 aromatic heterocycles. The first-order valence-corrected chi connectivity index (χ1v) is 9.63. The predicted octanol–water partition coefficient (Wildman–Crippen LogP) is 5.30. The quantitative estimate of drug-likeness (QED) is 0.515. The molecule has 0 saturated carbocycles. The summed E-state index contributed by atoms with van der Waals surface area (Å²) in [6, 6.07) is 24.0. The second-order valence-corrected chi connectivity index (χ2v) is 7.15. The van der Waals surface area contributed by atoms with Gasteiger partial charge in [-0.1, -0.05) is 60.7 Å². The summed E-state index contributed by atoms with van der Waals surface area (Å²) < 4.78 is 29.5. The van der Waals surface area contributed by atoms with E-state index < -0.39 is 11.6 Å². The number of rotatable bonds is 4. The van der Waals surface area contributed by atoms with E-state index in [0.29, 0.717) is 0 Å². The van der Waals surface area contributed by atoms with Crippen LogP contribution in [0.25, 0.3) is 5.69 Å². The lowest BCUT2D eigenvalue weighted by molar-refractivity contribution is 0.573. The van der Waals surface area contributed by atoms with Crippen molar-refractivity contribution in [3.63, 3.8) is 0 Å². The van der Waals surface area contributed by atoms with Gasteiger partial charge in [-0.25, -0.2) is 13.5 Å². The van der Waals surface area contributed by atoms with E-state index in [1.807, 2.05) is 36.4 Å². The Kier molecular flexibility index (Phi) is 4.35. The molecular weight excluding hydrogens is 368 g/mol. The molecule has 5 heteroatoms. The van der Waals surface area contributed by atoms with Crippen molar-refractivity contribution < 1.29 is 8.78 Å². The average molecular weight is 387 g/mol. The van der Waals surface area contributed by atoms with Crippen LogP contribution in [0.2, 0.25) is 0 Å². The number of aromatic nitrogens is 2. The number of nitrogens with zero attached hydrogens (tertiary/aromatic N) is 2. The van der Waals surface area contributed by atoms with Gasteiger partial charge in [-0.05, 0) is 29.7 Å². The molecule has 0 atom stereocenters. The standard InChI is InChI=1S/C24H19F2N3/c25-18-11-12-21(20(26)15-18)29-24-19(13-14-27-24)23(28-29)22(16-7-3-1-4-8-16)17-9-5-2-6-10-17/h1-12,15,22,27H,13-14H2. The summed E-state index contributed by atoms with van der Waals surface area (Å²) in [5.74, 6) is -0.528. The minimum atomic E-state index is -0.633. The Morgan fingerprint density at radius 3 is 2.14 bits per heavy atom. The third-order valence-electron chi connectivity index (χ3n) is 5.36. The molecule has 5 rings (SSSR count). The number of halogens is 2. The summed E-state index contributed by atoms with van der Waals surface area (Å²) in [5.41, 5.74) is 4.45. The lowest BCUT2D eigenvalue weighted by atomic mass is 9.86. The van der Waals surface area contributed by atoms with E-state index >= 15 is 0 Å². The molecule has 0 amide bonds. The van der Waals surface area contributed by atoms with Crippen LogP contribution in [0, 0.1) is 11.6 Å². The number of anilines is 1. The predicted molar refractivity (Wildman–Crippen MR) is 110 cm³/mol. The van der Waals surface area contributed by atoms with E-state index in [9.17, 15) is 8.78 Å². The van der Waals surface area contributed by atoms with Gasteiger partial charge in [0.25, 0.3) is 0 Å². The van der Waals surface area contributed by atoms with Crippen LogP contribution >= 0.6 is 0 Å². The molecular formula is C24H19F2N3. The normalized spacial score (nSPS) is 12.8. The van der Waals surface area contributed by atoms with Gasteiger partial charge in [-0.15, -0.1) is 0 Å². The van der Waals surface area contributed by atoms with Crippen molar-refractivity contribution in [1.29, 1.82) is 0 Å². The highest BCUT2D eigenvalue weighted by molar-refractivity contribution is 5.60. The van der Waals surface area contributed by atoms with Crippen LogP contribution in [0.3, 0.4) is 0 Å². The Morgan fingerprint density at radius 1 is 0.862 bits per heavy atom.